The highest BCUT2D eigenvalue weighted by atomic mass is 35.5. The molecule has 0 radical (unpaired) electrons. The third-order valence-corrected chi connectivity index (χ3v) is 6.65. The van der Waals surface area contributed by atoms with Crippen molar-refractivity contribution >= 4 is 28.5 Å². The van der Waals surface area contributed by atoms with Crippen LogP contribution in [0.2, 0.25) is 5.02 Å². The Labute approximate surface area is 186 Å². The van der Waals surface area contributed by atoms with Crippen molar-refractivity contribution in [3.63, 3.8) is 0 Å². The number of hydrogen-bond donors (Lipinski definition) is 0. The van der Waals surface area contributed by atoms with Gasteiger partial charge in [0.25, 0.3) is 0 Å². The summed E-state index contributed by atoms with van der Waals surface area (Å²) in [4.78, 5) is 6.77. The maximum atomic E-state index is 14.0. The largest absolute Gasteiger partial charge is 0.352 e. The maximum Gasteiger partial charge on any atom is 0.184 e. The highest BCUT2D eigenvalue weighted by molar-refractivity contribution is 6.38. The van der Waals surface area contributed by atoms with Crippen molar-refractivity contribution in [3.05, 3.63) is 35.4 Å². The average Bonchev–Trinajstić information content (AvgIpc) is 3.38. The lowest BCUT2D eigenvalue weighted by Crippen LogP contribution is -2.45. The van der Waals surface area contributed by atoms with Crippen LogP contribution in [0.25, 0.3) is 22.3 Å². The Bertz CT molecular complexity index is 1050. The minimum atomic E-state index is -0.840. The first kappa shape index (κ1) is 20.6. The van der Waals surface area contributed by atoms with Crippen LogP contribution in [0.4, 0.5) is 10.2 Å². The summed E-state index contributed by atoms with van der Waals surface area (Å²) >= 11 is 6.88. The molecule has 1 unspecified atom stereocenters. The van der Waals surface area contributed by atoms with Gasteiger partial charge in [0.1, 0.15) is 11.9 Å². The molecule has 0 aliphatic carbocycles. The fourth-order valence-corrected chi connectivity index (χ4v) is 4.69. The van der Waals surface area contributed by atoms with Gasteiger partial charge in [-0.05, 0) is 13.5 Å². The summed E-state index contributed by atoms with van der Waals surface area (Å²) in [5.74, 6) is 0.714. The molecule has 2 aliphatic rings. The van der Waals surface area contributed by atoms with Gasteiger partial charge in [-0.2, -0.15) is 5.10 Å². The zero-order valence-corrected chi connectivity index (χ0v) is 18.5. The van der Waals surface area contributed by atoms with Crippen LogP contribution in [0, 0.1) is 0 Å². The molecule has 5 rings (SSSR count). The molecule has 0 amide bonds. The Morgan fingerprint density at radius 2 is 1.81 bits per heavy atom. The van der Waals surface area contributed by atoms with Gasteiger partial charge in [-0.3, -0.25) is 4.90 Å². The normalized spacial score (nSPS) is 20.7. The van der Waals surface area contributed by atoms with Gasteiger partial charge in [0.05, 0.1) is 23.5 Å². The van der Waals surface area contributed by atoms with Gasteiger partial charge in [-0.25, -0.2) is 9.07 Å². The van der Waals surface area contributed by atoms with Crippen LogP contribution in [-0.2, 0) is 6.54 Å². The van der Waals surface area contributed by atoms with Crippen molar-refractivity contribution < 1.29 is 4.39 Å². The van der Waals surface area contributed by atoms with E-state index in [4.69, 9.17) is 16.7 Å². The van der Waals surface area contributed by atoms with Crippen LogP contribution in [0.15, 0.2) is 30.3 Å². The molecule has 164 valence electrons. The number of piperazine rings is 1. The molecular weight excluding hydrogens is 417 g/mol. The summed E-state index contributed by atoms with van der Waals surface area (Å²) < 4.78 is 15.9. The number of halogens is 2. The molecule has 2 aliphatic heterocycles. The Balaban J connectivity index is 1.51. The van der Waals surface area contributed by atoms with Crippen molar-refractivity contribution in [2.45, 2.75) is 19.1 Å². The third-order valence-electron chi connectivity index (χ3n) is 6.28. The Kier molecular flexibility index (Phi) is 5.77. The number of nitrogens with zero attached hydrogens (tertiary/aromatic N) is 7. The molecule has 2 aromatic heterocycles. The van der Waals surface area contributed by atoms with E-state index >= 15 is 0 Å². The molecule has 3 aromatic rings. The second-order valence-corrected chi connectivity index (χ2v) is 8.83. The van der Waals surface area contributed by atoms with Gasteiger partial charge in [0.2, 0.25) is 0 Å². The van der Waals surface area contributed by atoms with E-state index in [2.05, 4.69) is 27.0 Å². The first-order valence-electron chi connectivity index (χ1n) is 10.9. The molecule has 0 bridgehead atoms. The van der Waals surface area contributed by atoms with E-state index in [9.17, 15) is 4.39 Å². The van der Waals surface area contributed by atoms with E-state index < -0.39 is 6.17 Å². The van der Waals surface area contributed by atoms with Crippen molar-refractivity contribution in [1.82, 2.24) is 29.8 Å². The number of anilines is 1. The van der Waals surface area contributed by atoms with Crippen molar-refractivity contribution in [2.75, 3.05) is 57.8 Å². The lowest BCUT2D eigenvalue weighted by Gasteiger charge is -2.32. The highest BCUT2D eigenvalue weighted by Crippen LogP contribution is 2.37. The van der Waals surface area contributed by atoms with Crippen LogP contribution < -0.4 is 4.90 Å². The number of alkyl halides is 1. The third kappa shape index (κ3) is 4.12. The number of rotatable bonds is 5. The SMILES string of the molecule is CN1CCN(CCn2nc(N3CCC(F)C3)c3c(Cl)c(-c4ccccc4)nnc32)CC1. The minimum absolute atomic E-state index is 0.337. The smallest absolute Gasteiger partial charge is 0.184 e. The van der Waals surface area contributed by atoms with Crippen molar-refractivity contribution in [2.24, 2.45) is 0 Å². The number of benzene rings is 1. The molecular formula is C22H27ClFN7. The van der Waals surface area contributed by atoms with E-state index in [1.807, 2.05) is 39.9 Å². The van der Waals surface area contributed by atoms with Gasteiger partial charge in [-0.1, -0.05) is 41.9 Å². The van der Waals surface area contributed by atoms with E-state index in [0.29, 0.717) is 48.2 Å². The maximum absolute atomic E-state index is 14.0. The quantitative estimate of drug-likeness (QED) is 0.604. The average molecular weight is 444 g/mol. The zero-order chi connectivity index (χ0) is 21.4. The Morgan fingerprint density at radius 1 is 1.03 bits per heavy atom. The Morgan fingerprint density at radius 3 is 2.52 bits per heavy atom. The number of fused-ring (bicyclic) bond motifs is 1. The molecule has 2 fully saturated rings. The molecule has 9 heteroatoms. The highest BCUT2D eigenvalue weighted by Gasteiger charge is 2.29. The minimum Gasteiger partial charge on any atom is -0.352 e. The van der Waals surface area contributed by atoms with Gasteiger partial charge in [0.15, 0.2) is 11.5 Å². The zero-order valence-electron chi connectivity index (χ0n) is 17.7. The molecule has 31 heavy (non-hydrogen) atoms. The molecule has 0 saturated carbocycles. The van der Waals surface area contributed by atoms with E-state index in [1.165, 1.54) is 0 Å². The summed E-state index contributed by atoms with van der Waals surface area (Å²) in [7, 11) is 2.15. The topological polar surface area (TPSA) is 53.3 Å². The van der Waals surface area contributed by atoms with Gasteiger partial charge < -0.3 is 9.80 Å². The molecule has 4 heterocycles. The molecule has 7 nitrogen and oxygen atoms in total. The van der Waals surface area contributed by atoms with E-state index in [1.54, 1.807) is 0 Å². The van der Waals surface area contributed by atoms with E-state index in [-0.39, 0.29) is 0 Å². The summed E-state index contributed by atoms with van der Waals surface area (Å²) in [5.41, 5.74) is 2.20. The van der Waals surface area contributed by atoms with Gasteiger partial charge in [0, 0.05) is 44.8 Å². The molecule has 1 aromatic carbocycles. The van der Waals surface area contributed by atoms with Crippen molar-refractivity contribution in [3.8, 4) is 11.3 Å². The monoisotopic (exact) mass is 443 g/mol. The molecule has 0 spiro atoms. The molecule has 0 N–H and O–H groups in total. The summed E-state index contributed by atoms with van der Waals surface area (Å²) in [6.45, 7) is 6.78. The second-order valence-electron chi connectivity index (χ2n) is 8.45. The molecule has 2 saturated heterocycles. The Hall–Kier alpha value is -2.29. The van der Waals surface area contributed by atoms with Gasteiger partial charge in [-0.15, -0.1) is 10.2 Å². The van der Waals surface area contributed by atoms with Crippen LogP contribution >= 0.6 is 11.6 Å². The first-order chi connectivity index (χ1) is 15.1. The standard InChI is InChI=1S/C22H27ClFN7/c1-28-9-11-29(12-10-28)13-14-31-21-18(22(27-31)30-8-7-17(24)15-30)19(23)20(25-26-21)16-5-3-2-4-6-16/h2-6,17H,7-15H2,1H3. The lowest BCUT2D eigenvalue weighted by atomic mass is 10.1. The summed E-state index contributed by atoms with van der Waals surface area (Å²) in [5, 5.41) is 15.1. The van der Waals surface area contributed by atoms with Crippen LogP contribution in [-0.4, -0.2) is 88.8 Å². The summed E-state index contributed by atoms with van der Waals surface area (Å²) in [6, 6.07) is 9.79. The van der Waals surface area contributed by atoms with Gasteiger partial charge >= 0.3 is 0 Å². The predicted molar refractivity (Wildman–Crippen MR) is 121 cm³/mol. The number of hydrogen-bond acceptors (Lipinski definition) is 6. The van der Waals surface area contributed by atoms with E-state index in [0.717, 1.165) is 43.7 Å². The molecule has 1 atom stereocenters. The predicted octanol–water partition coefficient (Wildman–Crippen LogP) is 2.94. The summed E-state index contributed by atoms with van der Waals surface area (Å²) in [6.07, 6.45) is -0.329. The van der Waals surface area contributed by atoms with Crippen LogP contribution in [0.3, 0.4) is 0 Å². The number of likely N-dealkylation sites (N-methyl/N-ethyl adjacent to an activating group) is 1. The van der Waals surface area contributed by atoms with Crippen molar-refractivity contribution in [1.29, 1.82) is 0 Å². The van der Waals surface area contributed by atoms with Crippen LogP contribution in [0.5, 0.6) is 0 Å². The lowest BCUT2D eigenvalue weighted by molar-refractivity contribution is 0.149. The van der Waals surface area contributed by atoms with Crippen LogP contribution in [0.1, 0.15) is 6.42 Å². The number of aromatic nitrogens is 4. The first-order valence-corrected chi connectivity index (χ1v) is 11.3. The second kappa shape index (κ2) is 8.68. The fourth-order valence-electron chi connectivity index (χ4n) is 4.37. The fraction of sp³-hybridized carbons (Fsp3) is 0.500.